The predicted molar refractivity (Wildman–Crippen MR) is 183 cm³/mol. The number of benzene rings is 3. The molecule has 8 heteroatoms. The van der Waals surface area contributed by atoms with Gasteiger partial charge in [-0.25, -0.2) is 4.79 Å². The minimum absolute atomic E-state index is 0.122. The van der Waals surface area contributed by atoms with Crippen LogP contribution in [0.1, 0.15) is 84.6 Å². The molecule has 0 saturated carbocycles. The highest BCUT2D eigenvalue weighted by molar-refractivity contribution is 5.96. The van der Waals surface area contributed by atoms with Crippen LogP contribution in [0.25, 0.3) is 0 Å². The lowest BCUT2D eigenvalue weighted by Crippen LogP contribution is -2.50. The van der Waals surface area contributed by atoms with Gasteiger partial charge in [-0.3, -0.25) is 9.59 Å². The van der Waals surface area contributed by atoms with Gasteiger partial charge in [-0.05, 0) is 99.6 Å². The number of aliphatic hydroxyl groups excluding tert-OH is 1. The van der Waals surface area contributed by atoms with Crippen LogP contribution in [0.15, 0.2) is 72.8 Å². The number of aliphatic hydroxyl groups is 1. The standard InChI is InChI=1S/C39H49N3O5/c1-39(2,3)41-37(45)33-16-10-9-15-32(33)25-35(43)34(24-28-17-18-29-13-7-8-14-31(29)23-28)40-36(44)30-19-21-42(22-20-30)38(46)47-26-27-11-5-4-6-12-27/h4-6,9-12,15-18,23,30,34-35,43H,7-8,13-14,19-22,24-26H2,1-3H3,(H,40,44)(H,41,45)/t34-,35+/m0/s1. The van der Waals surface area contributed by atoms with Crippen molar-refractivity contribution in [3.05, 3.63) is 106 Å². The van der Waals surface area contributed by atoms with Crippen LogP contribution in [0.3, 0.4) is 0 Å². The van der Waals surface area contributed by atoms with E-state index >= 15 is 0 Å². The highest BCUT2D eigenvalue weighted by Crippen LogP contribution is 2.25. The maximum absolute atomic E-state index is 13.7. The van der Waals surface area contributed by atoms with Gasteiger partial charge in [0.2, 0.25) is 5.91 Å². The Balaban J connectivity index is 1.26. The molecule has 0 spiro atoms. The number of hydrogen-bond donors (Lipinski definition) is 3. The summed E-state index contributed by atoms with van der Waals surface area (Å²) in [7, 11) is 0. The van der Waals surface area contributed by atoms with Gasteiger partial charge < -0.3 is 25.4 Å². The third kappa shape index (κ3) is 9.67. The fourth-order valence-electron chi connectivity index (χ4n) is 6.58. The Morgan fingerprint density at radius 2 is 1.55 bits per heavy atom. The zero-order valence-corrected chi connectivity index (χ0v) is 28.0. The van der Waals surface area contributed by atoms with Crippen molar-refractivity contribution in [3.8, 4) is 0 Å². The molecule has 2 atom stereocenters. The van der Waals surface area contributed by atoms with Gasteiger partial charge in [0, 0.05) is 36.5 Å². The first-order valence-corrected chi connectivity index (χ1v) is 17.0. The summed E-state index contributed by atoms with van der Waals surface area (Å²) in [6, 6.07) is 22.9. The van der Waals surface area contributed by atoms with Crippen LogP contribution in [0.5, 0.6) is 0 Å². The highest BCUT2D eigenvalue weighted by atomic mass is 16.6. The first kappa shape index (κ1) is 34.2. The van der Waals surface area contributed by atoms with Gasteiger partial charge in [-0.1, -0.05) is 66.7 Å². The van der Waals surface area contributed by atoms with Gasteiger partial charge in [-0.2, -0.15) is 0 Å². The minimum Gasteiger partial charge on any atom is -0.445 e. The number of carbonyl (C=O) groups is 3. The molecule has 2 aliphatic rings. The number of amides is 3. The number of likely N-dealkylation sites (tertiary alicyclic amines) is 1. The lowest BCUT2D eigenvalue weighted by molar-refractivity contribution is -0.128. The van der Waals surface area contributed by atoms with Gasteiger partial charge in [0.25, 0.3) is 5.91 Å². The number of ether oxygens (including phenoxy) is 1. The molecule has 1 aliphatic heterocycles. The van der Waals surface area contributed by atoms with Crippen LogP contribution < -0.4 is 10.6 Å². The van der Waals surface area contributed by atoms with E-state index in [1.165, 1.54) is 24.0 Å². The van der Waals surface area contributed by atoms with Crippen molar-refractivity contribution < 1.29 is 24.2 Å². The number of fused-ring (bicyclic) bond motifs is 1. The molecule has 0 aromatic heterocycles. The van der Waals surface area contributed by atoms with Crippen LogP contribution in [-0.2, 0) is 41.8 Å². The summed E-state index contributed by atoms with van der Waals surface area (Å²) >= 11 is 0. The van der Waals surface area contributed by atoms with Gasteiger partial charge in [-0.15, -0.1) is 0 Å². The first-order chi connectivity index (χ1) is 22.6. The van der Waals surface area contributed by atoms with E-state index in [0.717, 1.165) is 29.5 Å². The number of carbonyl (C=O) groups excluding carboxylic acids is 3. The molecule has 0 radical (unpaired) electrons. The molecule has 47 heavy (non-hydrogen) atoms. The Bertz CT molecular complexity index is 1530. The van der Waals surface area contributed by atoms with Crippen molar-refractivity contribution in [2.45, 2.75) is 96.4 Å². The fraction of sp³-hybridized carbons (Fsp3) is 0.462. The Labute approximate surface area is 278 Å². The quantitative estimate of drug-likeness (QED) is 0.261. The van der Waals surface area contributed by atoms with E-state index in [9.17, 15) is 19.5 Å². The first-order valence-electron chi connectivity index (χ1n) is 17.0. The van der Waals surface area contributed by atoms with Crippen molar-refractivity contribution >= 4 is 17.9 Å². The molecule has 3 aromatic rings. The Morgan fingerprint density at radius 1 is 0.872 bits per heavy atom. The molecule has 0 bridgehead atoms. The predicted octanol–water partition coefficient (Wildman–Crippen LogP) is 5.77. The van der Waals surface area contributed by atoms with E-state index in [4.69, 9.17) is 4.74 Å². The molecule has 3 amide bonds. The molecular formula is C39H49N3O5. The molecular weight excluding hydrogens is 590 g/mol. The second kappa shape index (κ2) is 15.6. The number of nitrogens with one attached hydrogen (secondary N) is 2. The van der Waals surface area contributed by atoms with Gasteiger partial charge in [0.15, 0.2) is 0 Å². The monoisotopic (exact) mass is 639 g/mol. The van der Waals surface area contributed by atoms with Gasteiger partial charge in [0.1, 0.15) is 6.61 Å². The molecule has 3 N–H and O–H groups in total. The average molecular weight is 640 g/mol. The molecule has 5 rings (SSSR count). The summed E-state index contributed by atoms with van der Waals surface area (Å²) in [6.45, 7) is 6.88. The minimum atomic E-state index is -0.924. The number of nitrogens with zero attached hydrogens (tertiary/aromatic N) is 1. The fourth-order valence-corrected chi connectivity index (χ4v) is 6.58. The van der Waals surface area contributed by atoms with E-state index in [0.29, 0.717) is 37.9 Å². The van der Waals surface area contributed by atoms with Crippen LogP contribution in [0, 0.1) is 5.92 Å². The highest BCUT2D eigenvalue weighted by Gasteiger charge is 2.32. The van der Waals surface area contributed by atoms with Gasteiger partial charge >= 0.3 is 6.09 Å². The summed E-state index contributed by atoms with van der Waals surface area (Å²) in [5, 5.41) is 17.9. The molecule has 3 aromatic carbocycles. The van der Waals surface area contributed by atoms with Crippen molar-refractivity contribution in [1.29, 1.82) is 0 Å². The summed E-state index contributed by atoms with van der Waals surface area (Å²) in [5.74, 6) is -0.594. The molecule has 1 saturated heterocycles. The van der Waals surface area contributed by atoms with Crippen molar-refractivity contribution in [3.63, 3.8) is 0 Å². The Morgan fingerprint density at radius 3 is 2.28 bits per heavy atom. The number of rotatable bonds is 10. The van der Waals surface area contributed by atoms with Crippen LogP contribution in [0.4, 0.5) is 4.79 Å². The van der Waals surface area contributed by atoms with Crippen LogP contribution in [0.2, 0.25) is 0 Å². The summed E-state index contributed by atoms with van der Waals surface area (Å²) < 4.78 is 5.50. The number of hydrogen-bond acceptors (Lipinski definition) is 5. The van der Waals surface area contributed by atoms with Crippen molar-refractivity contribution in [1.82, 2.24) is 15.5 Å². The van der Waals surface area contributed by atoms with Crippen molar-refractivity contribution in [2.24, 2.45) is 5.92 Å². The molecule has 250 valence electrons. The number of aryl methyl sites for hydroxylation is 2. The molecule has 1 aliphatic carbocycles. The lowest BCUT2D eigenvalue weighted by Gasteiger charge is -2.32. The maximum atomic E-state index is 13.7. The molecule has 1 fully saturated rings. The lowest BCUT2D eigenvalue weighted by atomic mass is 9.87. The van der Waals surface area contributed by atoms with E-state index in [1.54, 1.807) is 11.0 Å². The Kier molecular flexibility index (Phi) is 11.4. The summed E-state index contributed by atoms with van der Waals surface area (Å²) in [4.78, 5) is 41.2. The van der Waals surface area contributed by atoms with E-state index in [-0.39, 0.29) is 36.9 Å². The second-order valence-corrected chi connectivity index (χ2v) is 14.1. The largest absolute Gasteiger partial charge is 0.445 e. The SMILES string of the molecule is CC(C)(C)NC(=O)c1ccccc1C[C@@H](O)[C@H](Cc1ccc2c(c1)CCCC2)NC(=O)C1CCN(C(=O)OCc2ccccc2)CC1. The number of piperidine rings is 1. The van der Waals surface area contributed by atoms with E-state index in [1.807, 2.05) is 69.3 Å². The van der Waals surface area contributed by atoms with E-state index < -0.39 is 17.7 Å². The summed E-state index contributed by atoms with van der Waals surface area (Å²) in [6.07, 6.45) is 4.94. The molecule has 8 nitrogen and oxygen atoms in total. The van der Waals surface area contributed by atoms with Crippen LogP contribution >= 0.6 is 0 Å². The molecule has 0 unspecified atom stereocenters. The third-order valence-corrected chi connectivity index (χ3v) is 9.17. The molecule has 1 heterocycles. The zero-order chi connectivity index (χ0) is 33.4. The third-order valence-electron chi connectivity index (χ3n) is 9.17. The van der Waals surface area contributed by atoms with Gasteiger partial charge in [0.05, 0.1) is 12.1 Å². The Hall–Kier alpha value is -4.17. The average Bonchev–Trinajstić information content (AvgIpc) is 3.06. The smallest absolute Gasteiger partial charge is 0.410 e. The topological polar surface area (TPSA) is 108 Å². The summed E-state index contributed by atoms with van der Waals surface area (Å²) in [5.41, 5.74) is 5.58. The normalized spacial score (nSPS) is 16.5. The van der Waals surface area contributed by atoms with E-state index in [2.05, 4.69) is 28.8 Å². The second-order valence-electron chi connectivity index (χ2n) is 14.1. The van der Waals surface area contributed by atoms with Crippen LogP contribution in [-0.4, -0.2) is 58.7 Å². The van der Waals surface area contributed by atoms with Crippen molar-refractivity contribution in [2.75, 3.05) is 13.1 Å². The maximum Gasteiger partial charge on any atom is 0.410 e. The zero-order valence-electron chi connectivity index (χ0n) is 28.0.